The van der Waals surface area contributed by atoms with E-state index in [-0.39, 0.29) is 5.69 Å². The monoisotopic (exact) mass is 284 g/mol. The lowest BCUT2D eigenvalue weighted by Crippen LogP contribution is -2.11. The quantitative estimate of drug-likeness (QED) is 0.567. The highest BCUT2D eigenvalue weighted by atomic mass is 16.6. The Balaban J connectivity index is 1.72. The second-order valence-electron chi connectivity index (χ2n) is 4.42. The van der Waals surface area contributed by atoms with Gasteiger partial charge >= 0.3 is 0 Å². The number of nitro benzene ring substituents is 1. The fraction of sp³-hybridized carbons (Fsp3) is 0.154. The Bertz CT molecular complexity index is 771. The van der Waals surface area contributed by atoms with Crippen LogP contribution in [0.4, 0.5) is 11.5 Å². The number of aromatic nitrogens is 4. The lowest BCUT2D eigenvalue weighted by molar-refractivity contribution is -0.384. The molecule has 21 heavy (non-hydrogen) atoms. The molecular weight excluding hydrogens is 272 g/mol. The van der Waals surface area contributed by atoms with E-state index in [1.165, 1.54) is 12.1 Å². The minimum atomic E-state index is -0.413. The van der Waals surface area contributed by atoms with E-state index in [1.54, 1.807) is 29.2 Å². The first-order valence-corrected chi connectivity index (χ1v) is 6.35. The number of benzene rings is 1. The van der Waals surface area contributed by atoms with Gasteiger partial charge in [-0.05, 0) is 18.2 Å². The van der Waals surface area contributed by atoms with Crippen LogP contribution in [0.2, 0.25) is 0 Å². The zero-order valence-electron chi connectivity index (χ0n) is 11.0. The van der Waals surface area contributed by atoms with E-state index >= 15 is 0 Å². The maximum Gasteiger partial charge on any atom is 0.270 e. The summed E-state index contributed by atoms with van der Waals surface area (Å²) < 4.78 is 1.72. The van der Waals surface area contributed by atoms with Gasteiger partial charge in [0.05, 0.1) is 23.2 Å². The molecule has 0 amide bonds. The fourth-order valence-corrected chi connectivity index (χ4v) is 1.98. The summed E-state index contributed by atoms with van der Waals surface area (Å²) in [5.41, 5.74) is 0.780. The summed E-state index contributed by atoms with van der Waals surface area (Å²) in [7, 11) is 0. The number of hydrogen-bond donors (Lipinski definition) is 1. The molecule has 1 aromatic carbocycles. The van der Waals surface area contributed by atoms with Gasteiger partial charge in [0.25, 0.3) is 5.69 Å². The molecule has 0 bridgehead atoms. The molecule has 0 atom stereocenters. The summed E-state index contributed by atoms with van der Waals surface area (Å²) in [6.07, 6.45) is 3.41. The Morgan fingerprint density at radius 2 is 2.19 bits per heavy atom. The molecule has 2 heterocycles. The van der Waals surface area contributed by atoms with E-state index in [1.807, 2.05) is 6.07 Å². The standard InChI is InChI=1S/C13H12N6O2/c20-19(21)11-2-3-12-10(9-11)1-4-13(16-12)14-5-7-18-8-6-15-17-18/h1-4,6,8-9H,5,7H2,(H,14,16). The Hall–Kier alpha value is -3.03. The van der Waals surface area contributed by atoms with Crippen molar-refractivity contribution >= 4 is 22.4 Å². The highest BCUT2D eigenvalue weighted by molar-refractivity contribution is 5.82. The molecular formula is C13H12N6O2. The normalized spacial score (nSPS) is 10.7. The van der Waals surface area contributed by atoms with Crippen LogP contribution < -0.4 is 5.32 Å². The van der Waals surface area contributed by atoms with Gasteiger partial charge in [0.15, 0.2) is 0 Å². The topological polar surface area (TPSA) is 98.8 Å². The summed E-state index contributed by atoms with van der Waals surface area (Å²) in [5.74, 6) is 0.719. The molecule has 0 aliphatic carbocycles. The van der Waals surface area contributed by atoms with Gasteiger partial charge < -0.3 is 5.32 Å². The molecule has 0 fully saturated rings. The van der Waals surface area contributed by atoms with E-state index < -0.39 is 4.92 Å². The molecule has 0 saturated heterocycles. The number of nitrogens with zero attached hydrogens (tertiary/aromatic N) is 5. The fourth-order valence-electron chi connectivity index (χ4n) is 1.98. The molecule has 0 spiro atoms. The molecule has 8 heteroatoms. The second-order valence-corrected chi connectivity index (χ2v) is 4.42. The molecule has 8 nitrogen and oxygen atoms in total. The average molecular weight is 284 g/mol. The lowest BCUT2D eigenvalue weighted by atomic mass is 10.2. The van der Waals surface area contributed by atoms with Gasteiger partial charge in [-0.1, -0.05) is 5.21 Å². The summed E-state index contributed by atoms with van der Waals surface area (Å²) in [4.78, 5) is 14.7. The second kappa shape index (κ2) is 5.53. The van der Waals surface area contributed by atoms with Crippen molar-refractivity contribution in [2.45, 2.75) is 6.54 Å². The third-order valence-electron chi connectivity index (χ3n) is 3.00. The van der Waals surface area contributed by atoms with Crippen LogP contribution in [0.5, 0.6) is 0 Å². The van der Waals surface area contributed by atoms with Crippen molar-refractivity contribution in [2.24, 2.45) is 0 Å². The Morgan fingerprint density at radius 3 is 2.95 bits per heavy atom. The average Bonchev–Trinajstić information content (AvgIpc) is 3.00. The third-order valence-corrected chi connectivity index (χ3v) is 3.00. The van der Waals surface area contributed by atoms with Crippen LogP contribution in [0.15, 0.2) is 42.7 Å². The molecule has 0 unspecified atom stereocenters. The number of hydrogen-bond acceptors (Lipinski definition) is 6. The SMILES string of the molecule is O=[N+]([O-])c1ccc2nc(NCCn3ccnn3)ccc2c1. The highest BCUT2D eigenvalue weighted by Crippen LogP contribution is 2.20. The van der Waals surface area contributed by atoms with Gasteiger partial charge in [-0.25, -0.2) is 4.98 Å². The van der Waals surface area contributed by atoms with Gasteiger partial charge in [0.2, 0.25) is 0 Å². The smallest absolute Gasteiger partial charge is 0.270 e. The van der Waals surface area contributed by atoms with Crippen LogP contribution in [-0.2, 0) is 6.54 Å². The van der Waals surface area contributed by atoms with Crippen LogP contribution in [0.3, 0.4) is 0 Å². The number of non-ortho nitro benzene ring substituents is 1. The van der Waals surface area contributed by atoms with Crippen molar-refractivity contribution in [3.63, 3.8) is 0 Å². The number of fused-ring (bicyclic) bond motifs is 1. The molecule has 0 radical (unpaired) electrons. The van der Waals surface area contributed by atoms with Crippen molar-refractivity contribution in [3.8, 4) is 0 Å². The summed E-state index contributed by atoms with van der Waals surface area (Å²) in [5, 5.41) is 22.2. The lowest BCUT2D eigenvalue weighted by Gasteiger charge is -2.06. The minimum absolute atomic E-state index is 0.0659. The summed E-state index contributed by atoms with van der Waals surface area (Å²) >= 11 is 0. The van der Waals surface area contributed by atoms with Crippen LogP contribution in [0, 0.1) is 10.1 Å². The first kappa shape index (κ1) is 13.0. The largest absolute Gasteiger partial charge is 0.368 e. The van der Waals surface area contributed by atoms with Gasteiger partial charge in [-0.3, -0.25) is 14.8 Å². The van der Waals surface area contributed by atoms with Crippen molar-refractivity contribution in [2.75, 3.05) is 11.9 Å². The maximum absolute atomic E-state index is 10.7. The van der Waals surface area contributed by atoms with E-state index in [0.717, 1.165) is 11.2 Å². The number of pyridine rings is 1. The molecule has 2 aromatic heterocycles. The molecule has 0 saturated carbocycles. The number of nitro groups is 1. The number of rotatable bonds is 5. The maximum atomic E-state index is 10.7. The van der Waals surface area contributed by atoms with E-state index in [0.29, 0.717) is 18.6 Å². The number of nitrogens with one attached hydrogen (secondary N) is 1. The zero-order chi connectivity index (χ0) is 14.7. The predicted octanol–water partition coefficient (Wildman–Crippen LogP) is 1.85. The van der Waals surface area contributed by atoms with Crippen LogP contribution in [-0.4, -0.2) is 31.4 Å². The third kappa shape index (κ3) is 2.94. The Labute approximate surface area is 119 Å². The van der Waals surface area contributed by atoms with Gasteiger partial charge in [-0.15, -0.1) is 5.10 Å². The van der Waals surface area contributed by atoms with E-state index in [9.17, 15) is 10.1 Å². The van der Waals surface area contributed by atoms with E-state index in [2.05, 4.69) is 20.6 Å². The zero-order valence-corrected chi connectivity index (χ0v) is 11.0. The van der Waals surface area contributed by atoms with Gasteiger partial charge in [0.1, 0.15) is 5.82 Å². The highest BCUT2D eigenvalue weighted by Gasteiger charge is 2.07. The van der Waals surface area contributed by atoms with Gasteiger partial charge in [0, 0.05) is 30.3 Å². The predicted molar refractivity (Wildman–Crippen MR) is 76.9 cm³/mol. The van der Waals surface area contributed by atoms with Crippen LogP contribution in [0.25, 0.3) is 10.9 Å². The molecule has 106 valence electrons. The summed E-state index contributed by atoms with van der Waals surface area (Å²) in [6, 6.07) is 8.23. The Morgan fingerprint density at radius 1 is 1.29 bits per heavy atom. The summed E-state index contributed by atoms with van der Waals surface area (Å²) in [6.45, 7) is 1.34. The first-order chi connectivity index (χ1) is 10.2. The van der Waals surface area contributed by atoms with Crippen molar-refractivity contribution in [1.82, 2.24) is 20.0 Å². The Kier molecular flexibility index (Phi) is 3.42. The molecule has 3 rings (SSSR count). The van der Waals surface area contributed by atoms with Crippen molar-refractivity contribution < 1.29 is 4.92 Å². The number of anilines is 1. The van der Waals surface area contributed by atoms with Crippen LogP contribution >= 0.6 is 0 Å². The molecule has 3 aromatic rings. The molecule has 0 aliphatic rings. The van der Waals surface area contributed by atoms with E-state index in [4.69, 9.17) is 0 Å². The minimum Gasteiger partial charge on any atom is -0.368 e. The van der Waals surface area contributed by atoms with Crippen LogP contribution in [0.1, 0.15) is 0 Å². The van der Waals surface area contributed by atoms with Crippen molar-refractivity contribution in [1.29, 1.82) is 0 Å². The molecule has 1 N–H and O–H groups in total. The van der Waals surface area contributed by atoms with Crippen molar-refractivity contribution in [3.05, 3.63) is 52.8 Å². The van der Waals surface area contributed by atoms with Gasteiger partial charge in [-0.2, -0.15) is 0 Å². The molecule has 0 aliphatic heterocycles. The first-order valence-electron chi connectivity index (χ1n) is 6.35.